The maximum Gasteiger partial charge on any atom is 0.233 e. The Kier molecular flexibility index (Phi) is 3.82. The van der Waals surface area contributed by atoms with E-state index in [-0.39, 0.29) is 11.8 Å². The Morgan fingerprint density at radius 3 is 3.04 bits per heavy atom. The zero-order valence-electron chi connectivity index (χ0n) is 13.1. The normalized spacial score (nSPS) is 16.3. The molecule has 0 bridgehead atoms. The van der Waals surface area contributed by atoms with Crippen LogP contribution in [-0.2, 0) is 11.2 Å². The third-order valence-electron chi connectivity index (χ3n) is 4.08. The highest BCUT2D eigenvalue weighted by Crippen LogP contribution is 2.33. The standard InChI is InChI=1S/C18H16N2O3S/c1-22-14-7-4-8-15-16(14)19-18(24-15)20-17(21)12-9-11-5-2-3-6-13(11)23-10-12/h2-8,12H,9-10H2,1H3,(H,19,20,21). The predicted octanol–water partition coefficient (Wildman–Crippen LogP) is 3.49. The summed E-state index contributed by atoms with van der Waals surface area (Å²) < 4.78 is 12.0. The molecule has 0 fully saturated rings. The van der Waals surface area contributed by atoms with Gasteiger partial charge in [0.2, 0.25) is 5.91 Å². The molecule has 0 radical (unpaired) electrons. The lowest BCUT2D eigenvalue weighted by Gasteiger charge is -2.24. The van der Waals surface area contributed by atoms with Crippen molar-refractivity contribution in [2.45, 2.75) is 6.42 Å². The van der Waals surface area contributed by atoms with Gasteiger partial charge in [-0.05, 0) is 30.2 Å². The molecule has 1 unspecified atom stereocenters. The zero-order valence-corrected chi connectivity index (χ0v) is 13.9. The van der Waals surface area contributed by atoms with Gasteiger partial charge >= 0.3 is 0 Å². The summed E-state index contributed by atoms with van der Waals surface area (Å²) in [5.41, 5.74) is 1.83. The van der Waals surface area contributed by atoms with Crippen molar-refractivity contribution >= 4 is 32.6 Å². The minimum absolute atomic E-state index is 0.0671. The third kappa shape index (κ3) is 2.69. The topological polar surface area (TPSA) is 60.5 Å². The van der Waals surface area contributed by atoms with Gasteiger partial charge in [-0.1, -0.05) is 35.6 Å². The molecule has 0 saturated heterocycles. The van der Waals surface area contributed by atoms with Gasteiger partial charge in [0, 0.05) is 0 Å². The van der Waals surface area contributed by atoms with E-state index in [4.69, 9.17) is 9.47 Å². The van der Waals surface area contributed by atoms with Crippen LogP contribution < -0.4 is 14.8 Å². The molecular weight excluding hydrogens is 324 g/mol. The van der Waals surface area contributed by atoms with E-state index in [0.717, 1.165) is 21.5 Å². The van der Waals surface area contributed by atoms with Crippen molar-refractivity contribution in [1.29, 1.82) is 0 Å². The Bertz CT molecular complexity index is 906. The molecule has 1 aromatic heterocycles. The highest BCUT2D eigenvalue weighted by molar-refractivity contribution is 7.22. The fourth-order valence-corrected chi connectivity index (χ4v) is 3.73. The molecule has 6 heteroatoms. The number of carbonyl (C=O) groups excluding carboxylic acids is 1. The summed E-state index contributed by atoms with van der Waals surface area (Å²) in [4.78, 5) is 17.0. The lowest BCUT2D eigenvalue weighted by Crippen LogP contribution is -2.32. The maximum atomic E-state index is 12.6. The zero-order chi connectivity index (χ0) is 16.5. The summed E-state index contributed by atoms with van der Waals surface area (Å²) in [5, 5.41) is 3.50. The summed E-state index contributed by atoms with van der Waals surface area (Å²) in [6.45, 7) is 0.386. The van der Waals surface area contributed by atoms with Crippen molar-refractivity contribution in [2.75, 3.05) is 19.0 Å². The Morgan fingerprint density at radius 2 is 2.17 bits per heavy atom. The number of para-hydroxylation sites is 2. The molecule has 0 aliphatic carbocycles. The minimum Gasteiger partial charge on any atom is -0.494 e. The Hall–Kier alpha value is -2.60. The highest BCUT2D eigenvalue weighted by Gasteiger charge is 2.26. The smallest absolute Gasteiger partial charge is 0.233 e. The number of nitrogens with zero attached hydrogens (tertiary/aromatic N) is 1. The van der Waals surface area contributed by atoms with Gasteiger partial charge in [-0.15, -0.1) is 0 Å². The summed E-state index contributed by atoms with van der Waals surface area (Å²) in [6, 6.07) is 13.6. The van der Waals surface area contributed by atoms with Gasteiger partial charge in [0.05, 0.1) is 17.7 Å². The molecule has 2 heterocycles. The highest BCUT2D eigenvalue weighted by atomic mass is 32.1. The van der Waals surface area contributed by atoms with Crippen LogP contribution in [0.15, 0.2) is 42.5 Å². The van der Waals surface area contributed by atoms with Gasteiger partial charge in [-0.25, -0.2) is 4.98 Å². The molecule has 0 saturated carbocycles. The number of benzene rings is 2. The molecule has 1 aliphatic rings. The molecule has 122 valence electrons. The molecule has 1 N–H and O–H groups in total. The monoisotopic (exact) mass is 340 g/mol. The number of anilines is 1. The molecular formula is C18H16N2O3S. The van der Waals surface area contributed by atoms with E-state index < -0.39 is 0 Å². The van der Waals surface area contributed by atoms with Crippen LogP contribution in [0, 0.1) is 5.92 Å². The number of fused-ring (bicyclic) bond motifs is 2. The van der Waals surface area contributed by atoms with Crippen molar-refractivity contribution in [3.05, 3.63) is 48.0 Å². The molecule has 2 aromatic carbocycles. The largest absolute Gasteiger partial charge is 0.494 e. The fourth-order valence-electron chi connectivity index (χ4n) is 2.85. The number of methoxy groups -OCH3 is 1. The molecule has 3 aromatic rings. The maximum absolute atomic E-state index is 12.6. The lowest BCUT2D eigenvalue weighted by atomic mass is 9.96. The van der Waals surface area contributed by atoms with Crippen LogP contribution in [0.2, 0.25) is 0 Å². The molecule has 5 nitrogen and oxygen atoms in total. The van der Waals surface area contributed by atoms with E-state index >= 15 is 0 Å². The van der Waals surface area contributed by atoms with Crippen molar-refractivity contribution in [3.63, 3.8) is 0 Å². The van der Waals surface area contributed by atoms with E-state index in [2.05, 4.69) is 10.3 Å². The second kappa shape index (κ2) is 6.13. The van der Waals surface area contributed by atoms with E-state index in [9.17, 15) is 4.79 Å². The number of thiazole rings is 1. The van der Waals surface area contributed by atoms with E-state index in [0.29, 0.717) is 23.9 Å². The van der Waals surface area contributed by atoms with E-state index in [1.165, 1.54) is 11.3 Å². The first-order chi connectivity index (χ1) is 11.7. The van der Waals surface area contributed by atoms with Crippen molar-refractivity contribution in [1.82, 2.24) is 4.98 Å². The number of nitrogens with one attached hydrogen (secondary N) is 1. The molecule has 4 rings (SSSR count). The summed E-state index contributed by atoms with van der Waals surface area (Å²) in [5.74, 6) is 1.29. The number of amides is 1. The van der Waals surface area contributed by atoms with Gasteiger partial charge in [0.1, 0.15) is 23.6 Å². The summed E-state index contributed by atoms with van der Waals surface area (Å²) >= 11 is 1.44. The number of ether oxygens (including phenoxy) is 2. The van der Waals surface area contributed by atoms with Gasteiger partial charge in [0.25, 0.3) is 0 Å². The van der Waals surface area contributed by atoms with Crippen LogP contribution >= 0.6 is 11.3 Å². The Labute approximate surface area is 143 Å². The van der Waals surface area contributed by atoms with Gasteiger partial charge in [-0.3, -0.25) is 4.79 Å². The van der Waals surface area contributed by atoms with E-state index in [1.54, 1.807) is 7.11 Å². The summed E-state index contributed by atoms with van der Waals surface area (Å²) in [7, 11) is 1.61. The SMILES string of the molecule is COc1cccc2sc(NC(=O)C3COc4ccccc4C3)nc12. The molecule has 1 amide bonds. The Morgan fingerprint density at radius 1 is 1.29 bits per heavy atom. The lowest BCUT2D eigenvalue weighted by molar-refractivity contribution is -0.121. The van der Waals surface area contributed by atoms with Crippen molar-refractivity contribution in [2.24, 2.45) is 5.92 Å². The first kappa shape index (κ1) is 15.0. The summed E-state index contributed by atoms with van der Waals surface area (Å²) in [6.07, 6.45) is 0.677. The van der Waals surface area contributed by atoms with E-state index in [1.807, 2.05) is 42.5 Å². The first-order valence-corrected chi connectivity index (χ1v) is 8.51. The van der Waals surface area contributed by atoms with Crippen molar-refractivity contribution in [3.8, 4) is 11.5 Å². The number of aromatic nitrogens is 1. The van der Waals surface area contributed by atoms with Gasteiger partial charge < -0.3 is 14.8 Å². The van der Waals surface area contributed by atoms with Crippen LogP contribution in [0.5, 0.6) is 11.5 Å². The number of hydrogen-bond acceptors (Lipinski definition) is 5. The first-order valence-electron chi connectivity index (χ1n) is 7.69. The van der Waals surface area contributed by atoms with Crippen LogP contribution in [0.25, 0.3) is 10.2 Å². The number of rotatable bonds is 3. The van der Waals surface area contributed by atoms with Gasteiger partial charge in [0.15, 0.2) is 5.13 Å². The number of hydrogen-bond donors (Lipinski definition) is 1. The Balaban J connectivity index is 1.53. The molecule has 1 atom stereocenters. The molecule has 24 heavy (non-hydrogen) atoms. The quantitative estimate of drug-likeness (QED) is 0.793. The molecule has 1 aliphatic heterocycles. The second-order valence-electron chi connectivity index (χ2n) is 5.64. The van der Waals surface area contributed by atoms with Crippen LogP contribution in [0.3, 0.4) is 0 Å². The average Bonchev–Trinajstić information content (AvgIpc) is 3.03. The predicted molar refractivity (Wildman–Crippen MR) is 93.9 cm³/mol. The van der Waals surface area contributed by atoms with Crippen LogP contribution in [-0.4, -0.2) is 24.6 Å². The third-order valence-corrected chi connectivity index (χ3v) is 5.02. The van der Waals surface area contributed by atoms with Crippen LogP contribution in [0.1, 0.15) is 5.56 Å². The van der Waals surface area contributed by atoms with Crippen molar-refractivity contribution < 1.29 is 14.3 Å². The second-order valence-corrected chi connectivity index (χ2v) is 6.67. The average molecular weight is 340 g/mol. The number of carbonyl (C=O) groups is 1. The van der Waals surface area contributed by atoms with Gasteiger partial charge in [-0.2, -0.15) is 0 Å². The fraction of sp³-hybridized carbons (Fsp3) is 0.222. The minimum atomic E-state index is -0.214. The van der Waals surface area contributed by atoms with Crippen LogP contribution in [0.4, 0.5) is 5.13 Å². The molecule has 0 spiro atoms.